The average molecular weight is 464 g/mol. The standard InChI is InChI=1S/C27H45NO5/c1-2-3-4-5-6-7-8-9-10-11-12-13-14-15-16-17-18-19-24-32-27(29)33-26-22-20-25(21-23-26)28(30)31/h20-23H,2-19,24H2,1H3. The van der Waals surface area contributed by atoms with E-state index in [-0.39, 0.29) is 11.4 Å². The molecule has 0 bridgehead atoms. The zero-order chi connectivity index (χ0) is 24.0. The van der Waals surface area contributed by atoms with E-state index in [1.807, 2.05) is 0 Å². The normalized spacial score (nSPS) is 10.8. The highest BCUT2D eigenvalue weighted by Crippen LogP contribution is 2.18. The first-order valence-electron chi connectivity index (χ1n) is 13.2. The molecule has 0 radical (unpaired) electrons. The first kappa shape index (κ1) is 28.9. The van der Waals surface area contributed by atoms with Crippen molar-refractivity contribution in [1.29, 1.82) is 0 Å². The first-order chi connectivity index (χ1) is 16.1. The van der Waals surface area contributed by atoms with Gasteiger partial charge in [-0.2, -0.15) is 0 Å². The molecule has 1 rings (SSSR count). The van der Waals surface area contributed by atoms with Crippen molar-refractivity contribution in [2.45, 2.75) is 122 Å². The van der Waals surface area contributed by atoms with Gasteiger partial charge in [0, 0.05) is 12.1 Å². The van der Waals surface area contributed by atoms with Crippen molar-refractivity contribution in [1.82, 2.24) is 0 Å². The summed E-state index contributed by atoms with van der Waals surface area (Å²) in [6.07, 6.45) is 22.9. The molecule has 0 fully saturated rings. The van der Waals surface area contributed by atoms with E-state index in [2.05, 4.69) is 6.92 Å². The van der Waals surface area contributed by atoms with Gasteiger partial charge >= 0.3 is 6.16 Å². The van der Waals surface area contributed by atoms with Crippen molar-refractivity contribution >= 4 is 11.8 Å². The lowest BCUT2D eigenvalue weighted by atomic mass is 10.0. The molecule has 0 aliphatic heterocycles. The molecule has 1 aromatic carbocycles. The number of nitro benzene ring substituents is 1. The van der Waals surface area contributed by atoms with E-state index in [9.17, 15) is 14.9 Å². The van der Waals surface area contributed by atoms with Crippen molar-refractivity contribution in [3.05, 3.63) is 34.4 Å². The summed E-state index contributed by atoms with van der Waals surface area (Å²) in [6, 6.07) is 5.35. The van der Waals surface area contributed by atoms with Gasteiger partial charge in [0.2, 0.25) is 0 Å². The van der Waals surface area contributed by atoms with Crippen LogP contribution in [0.25, 0.3) is 0 Å². The van der Waals surface area contributed by atoms with Crippen molar-refractivity contribution < 1.29 is 19.2 Å². The summed E-state index contributed by atoms with van der Waals surface area (Å²) in [5, 5.41) is 10.6. The number of hydrogen-bond donors (Lipinski definition) is 0. The third-order valence-electron chi connectivity index (χ3n) is 5.97. The average Bonchev–Trinajstić information content (AvgIpc) is 2.81. The van der Waals surface area contributed by atoms with Gasteiger partial charge in [-0.15, -0.1) is 0 Å². The molecule has 0 aliphatic rings. The minimum atomic E-state index is -0.768. The largest absolute Gasteiger partial charge is 0.513 e. The number of ether oxygens (including phenoxy) is 2. The van der Waals surface area contributed by atoms with Gasteiger partial charge < -0.3 is 9.47 Å². The molecular formula is C27H45NO5. The van der Waals surface area contributed by atoms with Crippen LogP contribution in [0.2, 0.25) is 0 Å². The number of non-ortho nitro benzene ring substituents is 1. The minimum absolute atomic E-state index is 0.0467. The Kier molecular flexibility index (Phi) is 18.0. The van der Waals surface area contributed by atoms with Crippen LogP contribution in [0.4, 0.5) is 10.5 Å². The fourth-order valence-electron chi connectivity index (χ4n) is 3.92. The lowest BCUT2D eigenvalue weighted by Gasteiger charge is -2.06. The van der Waals surface area contributed by atoms with Crippen LogP contribution in [-0.4, -0.2) is 17.7 Å². The van der Waals surface area contributed by atoms with Gasteiger partial charge in [-0.05, 0) is 18.6 Å². The first-order valence-corrected chi connectivity index (χ1v) is 13.2. The molecule has 0 aromatic heterocycles. The Morgan fingerprint density at radius 1 is 0.697 bits per heavy atom. The van der Waals surface area contributed by atoms with Crippen molar-refractivity contribution in [3.8, 4) is 5.75 Å². The number of carbonyl (C=O) groups excluding carboxylic acids is 1. The third-order valence-corrected chi connectivity index (χ3v) is 5.97. The zero-order valence-corrected chi connectivity index (χ0v) is 20.7. The molecule has 6 heteroatoms. The minimum Gasteiger partial charge on any atom is -0.434 e. The molecule has 0 atom stereocenters. The second kappa shape index (κ2) is 20.5. The third kappa shape index (κ3) is 17.1. The number of carbonyl (C=O) groups is 1. The Hall–Kier alpha value is -2.11. The van der Waals surface area contributed by atoms with Crippen LogP contribution in [0.1, 0.15) is 122 Å². The van der Waals surface area contributed by atoms with Crippen molar-refractivity contribution in [3.63, 3.8) is 0 Å². The Morgan fingerprint density at radius 2 is 1.09 bits per heavy atom. The fraction of sp³-hybridized carbons (Fsp3) is 0.741. The van der Waals surface area contributed by atoms with E-state index in [1.165, 1.54) is 127 Å². The molecular weight excluding hydrogens is 418 g/mol. The van der Waals surface area contributed by atoms with Gasteiger partial charge in [-0.1, -0.05) is 116 Å². The smallest absolute Gasteiger partial charge is 0.434 e. The summed E-state index contributed by atoms with van der Waals surface area (Å²) in [6.45, 7) is 2.61. The van der Waals surface area contributed by atoms with Crippen LogP contribution in [0.3, 0.4) is 0 Å². The molecule has 33 heavy (non-hydrogen) atoms. The van der Waals surface area contributed by atoms with Gasteiger partial charge in [-0.25, -0.2) is 4.79 Å². The van der Waals surface area contributed by atoms with Gasteiger partial charge in [0.05, 0.1) is 11.5 Å². The highest BCUT2D eigenvalue weighted by molar-refractivity contribution is 5.63. The predicted octanol–water partition coefficient (Wildman–Crippen LogP) is 9.15. The predicted molar refractivity (Wildman–Crippen MR) is 134 cm³/mol. The van der Waals surface area contributed by atoms with E-state index in [0.717, 1.165) is 12.8 Å². The highest BCUT2D eigenvalue weighted by atomic mass is 16.7. The molecule has 0 amide bonds. The second-order valence-electron chi connectivity index (χ2n) is 8.96. The number of unbranched alkanes of at least 4 members (excludes halogenated alkanes) is 17. The maximum Gasteiger partial charge on any atom is 0.513 e. The van der Waals surface area contributed by atoms with Gasteiger partial charge in [0.25, 0.3) is 5.69 Å². The Balaban J connectivity index is 1.80. The number of benzene rings is 1. The Bertz CT molecular complexity index is 617. The number of hydrogen-bond acceptors (Lipinski definition) is 5. The summed E-state index contributed by atoms with van der Waals surface area (Å²) in [4.78, 5) is 21.7. The van der Waals surface area contributed by atoms with E-state index >= 15 is 0 Å². The molecule has 1 aromatic rings. The van der Waals surface area contributed by atoms with E-state index in [0.29, 0.717) is 6.61 Å². The van der Waals surface area contributed by atoms with E-state index in [4.69, 9.17) is 9.47 Å². The van der Waals surface area contributed by atoms with E-state index < -0.39 is 11.1 Å². The zero-order valence-electron chi connectivity index (χ0n) is 20.7. The summed E-state index contributed by atoms with van der Waals surface area (Å²) in [7, 11) is 0. The summed E-state index contributed by atoms with van der Waals surface area (Å²) in [5.74, 6) is 0.239. The monoisotopic (exact) mass is 463 g/mol. The number of nitro groups is 1. The van der Waals surface area contributed by atoms with Crippen LogP contribution in [0.5, 0.6) is 5.75 Å². The fourth-order valence-corrected chi connectivity index (χ4v) is 3.92. The number of rotatable bonds is 21. The lowest BCUT2D eigenvalue weighted by molar-refractivity contribution is -0.384. The van der Waals surface area contributed by atoms with Gasteiger partial charge in [0.15, 0.2) is 0 Å². The molecule has 0 N–H and O–H groups in total. The number of nitrogens with zero attached hydrogens (tertiary/aromatic N) is 1. The quantitative estimate of drug-likeness (QED) is 0.0597. The van der Waals surface area contributed by atoms with Gasteiger partial charge in [0.1, 0.15) is 5.75 Å². The van der Waals surface area contributed by atoms with Crippen LogP contribution in [0.15, 0.2) is 24.3 Å². The Morgan fingerprint density at radius 3 is 1.48 bits per heavy atom. The maximum atomic E-state index is 11.6. The Labute approximate surface area is 200 Å². The lowest BCUT2D eigenvalue weighted by Crippen LogP contribution is -2.11. The van der Waals surface area contributed by atoms with Crippen LogP contribution >= 0.6 is 0 Å². The summed E-state index contributed by atoms with van der Waals surface area (Å²) < 4.78 is 10.1. The van der Waals surface area contributed by atoms with Crippen molar-refractivity contribution in [2.24, 2.45) is 0 Å². The maximum absolute atomic E-state index is 11.6. The van der Waals surface area contributed by atoms with Crippen LogP contribution in [0, 0.1) is 10.1 Å². The molecule has 0 heterocycles. The second-order valence-corrected chi connectivity index (χ2v) is 8.96. The van der Waals surface area contributed by atoms with Crippen LogP contribution in [-0.2, 0) is 4.74 Å². The molecule has 0 saturated heterocycles. The SMILES string of the molecule is CCCCCCCCCCCCCCCCCCCCOC(=O)Oc1ccc([N+](=O)[O-])cc1. The summed E-state index contributed by atoms with van der Waals surface area (Å²) in [5.41, 5.74) is -0.0467. The molecule has 188 valence electrons. The van der Waals surface area contributed by atoms with Gasteiger partial charge in [-0.3, -0.25) is 10.1 Å². The molecule has 0 aliphatic carbocycles. The molecule has 0 spiro atoms. The topological polar surface area (TPSA) is 78.7 Å². The summed E-state index contributed by atoms with van der Waals surface area (Å²) >= 11 is 0. The highest BCUT2D eigenvalue weighted by Gasteiger charge is 2.09. The molecule has 6 nitrogen and oxygen atoms in total. The van der Waals surface area contributed by atoms with Crippen LogP contribution < -0.4 is 4.74 Å². The molecule has 0 unspecified atom stereocenters. The van der Waals surface area contributed by atoms with Crippen molar-refractivity contribution in [2.75, 3.05) is 6.61 Å². The molecule has 0 saturated carbocycles. The van der Waals surface area contributed by atoms with E-state index in [1.54, 1.807) is 0 Å².